The summed E-state index contributed by atoms with van der Waals surface area (Å²) in [7, 11) is 0. The maximum atomic E-state index is 9.19. The molecule has 0 amide bonds. The van der Waals surface area contributed by atoms with Gasteiger partial charge in [-0.1, -0.05) is 48.5 Å². The van der Waals surface area contributed by atoms with Crippen molar-refractivity contribution in [2.45, 2.75) is 38.5 Å². The number of hydrogen-bond acceptors (Lipinski definition) is 2. The molecule has 0 radical (unpaired) electrons. The van der Waals surface area contributed by atoms with E-state index in [2.05, 4.69) is 53.4 Å². The van der Waals surface area contributed by atoms with E-state index in [1.54, 1.807) is 11.1 Å². The van der Waals surface area contributed by atoms with Gasteiger partial charge in [0.15, 0.2) is 0 Å². The molecule has 2 aliphatic carbocycles. The maximum absolute atomic E-state index is 9.19. The summed E-state index contributed by atoms with van der Waals surface area (Å²) in [5, 5.41) is 9.19. The number of fused-ring (bicyclic) bond motifs is 1. The molecule has 2 aromatic rings. The summed E-state index contributed by atoms with van der Waals surface area (Å²) in [6.07, 6.45) is 3.95. The average molecular weight is 305 g/mol. The van der Waals surface area contributed by atoms with Gasteiger partial charge in [-0.2, -0.15) is 0 Å². The van der Waals surface area contributed by atoms with E-state index in [0.717, 1.165) is 24.1 Å². The second kappa shape index (κ2) is 4.93. The Morgan fingerprint density at radius 1 is 1.00 bits per heavy atom. The molecule has 1 N–H and O–H groups in total. The van der Waals surface area contributed by atoms with Crippen LogP contribution in [-0.4, -0.2) is 22.6 Å². The Bertz CT molecular complexity index is 738. The van der Waals surface area contributed by atoms with Crippen LogP contribution in [0.3, 0.4) is 0 Å². The fourth-order valence-corrected chi connectivity index (χ4v) is 5.15. The predicted octanol–water partition coefficient (Wildman–Crippen LogP) is 3.17. The fourth-order valence-electron chi connectivity index (χ4n) is 5.15. The highest BCUT2D eigenvalue weighted by Crippen LogP contribution is 2.65. The topological polar surface area (TPSA) is 23.5 Å². The van der Waals surface area contributed by atoms with Gasteiger partial charge >= 0.3 is 0 Å². The molecule has 2 nitrogen and oxygen atoms in total. The monoisotopic (exact) mass is 305 g/mol. The van der Waals surface area contributed by atoms with Crippen LogP contribution in [0.1, 0.15) is 28.7 Å². The van der Waals surface area contributed by atoms with Crippen LogP contribution >= 0.6 is 0 Å². The molecule has 1 aliphatic heterocycles. The van der Waals surface area contributed by atoms with E-state index in [1.165, 1.54) is 31.4 Å². The zero-order chi connectivity index (χ0) is 15.4. The SMILES string of the molecule is OCc1ccc(CN2CC3CC34Cc3ccccc3CC24)cc1. The van der Waals surface area contributed by atoms with E-state index in [1.807, 2.05) is 0 Å². The summed E-state index contributed by atoms with van der Waals surface area (Å²) < 4.78 is 0. The van der Waals surface area contributed by atoms with Crippen LogP contribution in [0.5, 0.6) is 0 Å². The minimum Gasteiger partial charge on any atom is -0.392 e. The smallest absolute Gasteiger partial charge is 0.0681 e. The van der Waals surface area contributed by atoms with Crippen molar-refractivity contribution in [3.63, 3.8) is 0 Å². The Kier molecular flexibility index (Phi) is 2.95. The van der Waals surface area contributed by atoms with Crippen LogP contribution in [0, 0.1) is 11.3 Å². The molecule has 3 aliphatic rings. The molecule has 0 aromatic heterocycles. The molecule has 2 fully saturated rings. The van der Waals surface area contributed by atoms with Crippen molar-refractivity contribution in [2.24, 2.45) is 11.3 Å². The van der Waals surface area contributed by atoms with Gasteiger partial charge in [-0.15, -0.1) is 0 Å². The van der Waals surface area contributed by atoms with E-state index >= 15 is 0 Å². The number of aliphatic hydroxyl groups excluding tert-OH is 1. The Morgan fingerprint density at radius 3 is 2.52 bits per heavy atom. The average Bonchev–Trinajstić information content (AvgIpc) is 3.18. The summed E-state index contributed by atoms with van der Waals surface area (Å²) in [5.74, 6) is 0.914. The van der Waals surface area contributed by atoms with E-state index in [-0.39, 0.29) is 6.61 Å². The first-order valence-corrected chi connectivity index (χ1v) is 8.78. The molecule has 2 heteroatoms. The minimum absolute atomic E-state index is 0.134. The minimum atomic E-state index is 0.134. The van der Waals surface area contributed by atoms with Crippen molar-refractivity contribution in [3.05, 3.63) is 70.8 Å². The molecular formula is C21H23NO. The van der Waals surface area contributed by atoms with Crippen LogP contribution in [0.4, 0.5) is 0 Å². The number of likely N-dealkylation sites (tertiary alicyclic amines) is 1. The highest BCUT2D eigenvalue weighted by molar-refractivity contribution is 5.38. The molecule has 118 valence electrons. The highest BCUT2D eigenvalue weighted by Gasteiger charge is 2.66. The molecule has 5 rings (SSSR count). The molecule has 0 bridgehead atoms. The van der Waals surface area contributed by atoms with Gasteiger partial charge < -0.3 is 5.11 Å². The maximum Gasteiger partial charge on any atom is 0.0681 e. The van der Waals surface area contributed by atoms with Crippen LogP contribution < -0.4 is 0 Å². The van der Waals surface area contributed by atoms with Gasteiger partial charge in [0.25, 0.3) is 0 Å². The molecule has 1 spiro atoms. The van der Waals surface area contributed by atoms with E-state index in [9.17, 15) is 5.11 Å². The van der Waals surface area contributed by atoms with E-state index in [4.69, 9.17) is 0 Å². The van der Waals surface area contributed by atoms with Crippen molar-refractivity contribution in [3.8, 4) is 0 Å². The van der Waals surface area contributed by atoms with Crippen molar-refractivity contribution >= 4 is 0 Å². The van der Waals surface area contributed by atoms with Gasteiger partial charge in [-0.3, -0.25) is 4.90 Å². The van der Waals surface area contributed by atoms with Gasteiger partial charge in [0, 0.05) is 19.1 Å². The summed E-state index contributed by atoms with van der Waals surface area (Å²) >= 11 is 0. The summed E-state index contributed by atoms with van der Waals surface area (Å²) in [6, 6.07) is 18.2. The van der Waals surface area contributed by atoms with Gasteiger partial charge in [0.2, 0.25) is 0 Å². The summed E-state index contributed by atoms with van der Waals surface area (Å²) in [5.41, 5.74) is 6.12. The van der Waals surface area contributed by atoms with Gasteiger partial charge in [-0.25, -0.2) is 0 Å². The number of rotatable bonds is 3. The first-order chi connectivity index (χ1) is 11.3. The molecule has 23 heavy (non-hydrogen) atoms. The number of benzene rings is 2. The van der Waals surface area contributed by atoms with Crippen molar-refractivity contribution in [2.75, 3.05) is 6.54 Å². The zero-order valence-corrected chi connectivity index (χ0v) is 13.4. The number of nitrogens with zero attached hydrogens (tertiary/aromatic N) is 1. The summed E-state index contributed by atoms with van der Waals surface area (Å²) in [6.45, 7) is 2.45. The van der Waals surface area contributed by atoms with Crippen LogP contribution in [0.2, 0.25) is 0 Å². The number of piperidine rings is 1. The van der Waals surface area contributed by atoms with E-state index < -0.39 is 0 Å². The Morgan fingerprint density at radius 2 is 1.74 bits per heavy atom. The first-order valence-electron chi connectivity index (χ1n) is 8.78. The summed E-state index contributed by atoms with van der Waals surface area (Å²) in [4.78, 5) is 2.72. The van der Waals surface area contributed by atoms with Crippen molar-refractivity contribution in [1.82, 2.24) is 4.90 Å². The molecule has 3 unspecified atom stereocenters. The lowest BCUT2D eigenvalue weighted by atomic mass is 9.77. The van der Waals surface area contributed by atoms with Crippen LogP contribution in [-0.2, 0) is 26.0 Å². The molecule has 2 aromatic carbocycles. The molecule has 1 saturated carbocycles. The Balaban J connectivity index is 1.39. The van der Waals surface area contributed by atoms with Gasteiger partial charge in [0.1, 0.15) is 0 Å². The molecular weight excluding hydrogens is 282 g/mol. The first kappa shape index (κ1) is 13.8. The standard InChI is InChI=1S/C21H23NO/c23-14-16-7-5-15(6-8-16)12-22-13-19-11-21(19)10-18-4-2-1-3-17(18)9-20(21)22/h1-8,19-20,23H,9-14H2. The van der Waals surface area contributed by atoms with Crippen molar-refractivity contribution < 1.29 is 5.11 Å². The zero-order valence-electron chi connectivity index (χ0n) is 13.4. The van der Waals surface area contributed by atoms with Crippen LogP contribution in [0.25, 0.3) is 0 Å². The lowest BCUT2D eigenvalue weighted by Crippen LogP contribution is -2.41. The lowest BCUT2D eigenvalue weighted by Gasteiger charge is -2.37. The Hall–Kier alpha value is -1.64. The number of aliphatic hydroxyl groups is 1. The quantitative estimate of drug-likeness (QED) is 0.941. The van der Waals surface area contributed by atoms with Crippen molar-refractivity contribution in [1.29, 1.82) is 0 Å². The third kappa shape index (κ3) is 2.09. The normalized spacial score (nSPS) is 31.3. The third-order valence-corrected chi connectivity index (χ3v) is 6.48. The largest absolute Gasteiger partial charge is 0.392 e. The predicted molar refractivity (Wildman–Crippen MR) is 91.0 cm³/mol. The molecule has 1 heterocycles. The van der Waals surface area contributed by atoms with Crippen LogP contribution in [0.15, 0.2) is 48.5 Å². The lowest BCUT2D eigenvalue weighted by molar-refractivity contribution is 0.165. The van der Waals surface area contributed by atoms with Gasteiger partial charge in [-0.05, 0) is 52.8 Å². The fraction of sp³-hybridized carbons (Fsp3) is 0.429. The van der Waals surface area contributed by atoms with Gasteiger partial charge in [0.05, 0.1) is 6.61 Å². The second-order valence-electron chi connectivity index (χ2n) is 7.70. The third-order valence-electron chi connectivity index (χ3n) is 6.48. The molecule has 3 atom stereocenters. The van der Waals surface area contributed by atoms with E-state index in [0.29, 0.717) is 5.41 Å². The highest BCUT2D eigenvalue weighted by atomic mass is 16.3. The number of hydrogen-bond donors (Lipinski definition) is 1. The Labute approximate surface area is 137 Å². The second-order valence-corrected chi connectivity index (χ2v) is 7.70. The molecule has 1 saturated heterocycles.